The molecule has 0 spiro atoms. The van der Waals surface area contributed by atoms with Crippen LogP contribution in [0.3, 0.4) is 0 Å². The normalized spacial score (nSPS) is 11.7. The number of carbonyl (C=O) groups excluding carboxylic acids is 3. The molecule has 1 unspecified atom stereocenters. The number of hydrogen-bond acceptors (Lipinski definition) is 6. The van der Waals surface area contributed by atoms with E-state index in [1.165, 1.54) is 23.1 Å². The van der Waals surface area contributed by atoms with Gasteiger partial charge in [-0.3, -0.25) is 14.4 Å². The fourth-order valence-corrected chi connectivity index (χ4v) is 6.64. The SMILES string of the molecule is O=C(Nc1ccc(SC(C(=O)Nc2nc(-c3ccccc3)cs2)c2ccccc2)cc1)/C(=C/c1ccc(Cl)cc1)NC(=O)c1ccccc1. The van der Waals surface area contributed by atoms with Gasteiger partial charge < -0.3 is 16.0 Å². The Labute approximate surface area is 297 Å². The number of nitrogens with zero attached hydrogens (tertiary/aromatic N) is 1. The molecule has 0 saturated carbocycles. The molecule has 1 atom stereocenters. The van der Waals surface area contributed by atoms with Gasteiger partial charge in [0.15, 0.2) is 5.13 Å². The summed E-state index contributed by atoms with van der Waals surface area (Å²) in [7, 11) is 0. The molecule has 0 aliphatic rings. The molecule has 10 heteroatoms. The number of nitrogens with one attached hydrogen (secondary N) is 3. The molecule has 3 N–H and O–H groups in total. The van der Waals surface area contributed by atoms with Gasteiger partial charge in [-0.05, 0) is 65.7 Å². The predicted molar refractivity (Wildman–Crippen MR) is 200 cm³/mol. The summed E-state index contributed by atoms with van der Waals surface area (Å²) in [5, 5.41) is 11.0. The van der Waals surface area contributed by atoms with Crippen LogP contribution in [0.2, 0.25) is 5.02 Å². The van der Waals surface area contributed by atoms with E-state index in [0.29, 0.717) is 27.0 Å². The van der Waals surface area contributed by atoms with Crippen LogP contribution in [0.1, 0.15) is 26.7 Å². The predicted octanol–water partition coefficient (Wildman–Crippen LogP) is 9.35. The molecule has 0 bridgehead atoms. The third-order valence-electron chi connectivity index (χ3n) is 7.22. The van der Waals surface area contributed by atoms with Crippen molar-refractivity contribution in [3.05, 3.63) is 172 Å². The first-order chi connectivity index (χ1) is 23.9. The second-order valence-electron chi connectivity index (χ2n) is 10.7. The van der Waals surface area contributed by atoms with E-state index in [0.717, 1.165) is 21.7 Å². The molecule has 7 nitrogen and oxygen atoms in total. The van der Waals surface area contributed by atoms with Crippen LogP contribution in [0.15, 0.2) is 155 Å². The maximum absolute atomic E-state index is 13.6. The van der Waals surface area contributed by atoms with Crippen molar-refractivity contribution in [3.8, 4) is 11.3 Å². The van der Waals surface area contributed by atoms with E-state index in [2.05, 4.69) is 20.9 Å². The highest BCUT2D eigenvalue weighted by atomic mass is 35.5. The number of carbonyl (C=O) groups is 3. The van der Waals surface area contributed by atoms with Crippen LogP contribution in [-0.2, 0) is 9.59 Å². The third kappa shape index (κ3) is 9.11. The van der Waals surface area contributed by atoms with Gasteiger partial charge in [0.05, 0.1) is 5.69 Å². The second-order valence-corrected chi connectivity index (χ2v) is 13.2. The Balaban J connectivity index is 1.17. The summed E-state index contributed by atoms with van der Waals surface area (Å²) in [5.74, 6) is -1.12. The number of hydrogen-bond donors (Lipinski definition) is 3. The zero-order valence-corrected chi connectivity index (χ0v) is 28.3. The Morgan fingerprint density at radius 2 is 1.37 bits per heavy atom. The molecule has 6 aromatic rings. The molecular weight excluding hydrogens is 672 g/mol. The molecular formula is C39H29ClN4O3S2. The summed E-state index contributed by atoms with van der Waals surface area (Å²) in [5.41, 5.74) is 4.31. The molecule has 5 aromatic carbocycles. The van der Waals surface area contributed by atoms with Crippen molar-refractivity contribution < 1.29 is 14.4 Å². The summed E-state index contributed by atoms with van der Waals surface area (Å²) in [6.07, 6.45) is 1.59. The van der Waals surface area contributed by atoms with Gasteiger partial charge in [-0.1, -0.05) is 103 Å². The molecule has 242 valence electrons. The monoisotopic (exact) mass is 700 g/mol. The van der Waals surface area contributed by atoms with Crippen molar-refractivity contribution in [3.63, 3.8) is 0 Å². The van der Waals surface area contributed by atoms with Crippen molar-refractivity contribution in [2.24, 2.45) is 0 Å². The highest BCUT2D eigenvalue weighted by Gasteiger charge is 2.23. The van der Waals surface area contributed by atoms with Crippen molar-refractivity contribution in [2.75, 3.05) is 10.6 Å². The zero-order chi connectivity index (χ0) is 34.0. The van der Waals surface area contributed by atoms with Crippen molar-refractivity contribution in [2.45, 2.75) is 10.1 Å². The summed E-state index contributed by atoms with van der Waals surface area (Å²) in [4.78, 5) is 45.5. The average Bonchev–Trinajstić information content (AvgIpc) is 3.61. The van der Waals surface area contributed by atoms with Crippen molar-refractivity contribution in [1.82, 2.24) is 10.3 Å². The maximum Gasteiger partial charge on any atom is 0.272 e. The van der Waals surface area contributed by atoms with E-state index < -0.39 is 17.1 Å². The minimum absolute atomic E-state index is 0.0630. The molecule has 0 saturated heterocycles. The van der Waals surface area contributed by atoms with Gasteiger partial charge in [-0.2, -0.15) is 0 Å². The fraction of sp³-hybridized carbons (Fsp3) is 0.0256. The standard InChI is InChI=1S/C39H29ClN4O3S2/c40-30-18-16-26(17-19-30)24-33(42-36(45)29-14-8-3-9-15-29)37(46)41-31-20-22-32(23-21-31)49-35(28-12-6-2-7-13-28)38(47)44-39-43-34(25-48-39)27-10-4-1-5-11-27/h1-25,35H,(H,41,46)(H,42,45)(H,43,44,47)/b33-24-. The Bertz CT molecular complexity index is 2070. The number of rotatable bonds is 11. The highest BCUT2D eigenvalue weighted by molar-refractivity contribution is 8.00. The molecule has 3 amide bonds. The smallest absolute Gasteiger partial charge is 0.272 e. The Morgan fingerprint density at radius 1 is 0.735 bits per heavy atom. The molecule has 0 radical (unpaired) electrons. The van der Waals surface area contributed by atoms with Crippen LogP contribution in [0.25, 0.3) is 17.3 Å². The topological polar surface area (TPSA) is 100 Å². The second kappa shape index (κ2) is 16.1. The lowest BCUT2D eigenvalue weighted by molar-refractivity contribution is -0.116. The minimum Gasteiger partial charge on any atom is -0.321 e. The van der Waals surface area contributed by atoms with Crippen LogP contribution in [0, 0.1) is 0 Å². The van der Waals surface area contributed by atoms with Gasteiger partial charge in [0.1, 0.15) is 10.9 Å². The molecule has 0 aliphatic carbocycles. The number of thioether (sulfide) groups is 1. The van der Waals surface area contributed by atoms with Crippen LogP contribution >= 0.6 is 34.7 Å². The first-order valence-electron chi connectivity index (χ1n) is 15.2. The van der Waals surface area contributed by atoms with Gasteiger partial charge >= 0.3 is 0 Å². The number of halogens is 1. The van der Waals surface area contributed by atoms with E-state index in [1.807, 2.05) is 84.2 Å². The molecule has 6 rings (SSSR count). The van der Waals surface area contributed by atoms with E-state index in [4.69, 9.17) is 11.6 Å². The highest BCUT2D eigenvalue weighted by Crippen LogP contribution is 2.37. The molecule has 1 aromatic heterocycles. The van der Waals surface area contributed by atoms with Crippen LogP contribution in [0.5, 0.6) is 0 Å². The fourth-order valence-electron chi connectivity index (χ4n) is 4.76. The van der Waals surface area contributed by atoms with E-state index in [-0.39, 0.29) is 11.6 Å². The zero-order valence-electron chi connectivity index (χ0n) is 25.9. The van der Waals surface area contributed by atoms with Crippen molar-refractivity contribution >= 4 is 69.3 Å². The first-order valence-corrected chi connectivity index (χ1v) is 17.3. The van der Waals surface area contributed by atoms with E-state index >= 15 is 0 Å². The maximum atomic E-state index is 13.6. The molecule has 0 fully saturated rings. The first kappa shape index (κ1) is 33.4. The van der Waals surface area contributed by atoms with Gasteiger partial charge in [0, 0.05) is 32.1 Å². The van der Waals surface area contributed by atoms with E-state index in [1.54, 1.807) is 66.7 Å². The van der Waals surface area contributed by atoms with Crippen molar-refractivity contribution in [1.29, 1.82) is 0 Å². The molecule has 49 heavy (non-hydrogen) atoms. The lowest BCUT2D eigenvalue weighted by Crippen LogP contribution is -2.30. The number of amides is 3. The lowest BCUT2D eigenvalue weighted by atomic mass is 10.1. The summed E-state index contributed by atoms with van der Waals surface area (Å²) in [6.45, 7) is 0. The Hall–Kier alpha value is -5.48. The van der Waals surface area contributed by atoms with Gasteiger partial charge in [-0.15, -0.1) is 23.1 Å². The molecule has 1 heterocycles. The van der Waals surface area contributed by atoms with E-state index in [9.17, 15) is 14.4 Å². The largest absolute Gasteiger partial charge is 0.321 e. The summed E-state index contributed by atoms with van der Waals surface area (Å²) in [6, 6.07) is 42.1. The summed E-state index contributed by atoms with van der Waals surface area (Å²) < 4.78 is 0. The average molecular weight is 701 g/mol. The summed E-state index contributed by atoms with van der Waals surface area (Å²) >= 11 is 8.80. The molecule has 0 aliphatic heterocycles. The number of anilines is 2. The number of benzene rings is 5. The quantitative estimate of drug-likeness (QED) is 0.0924. The van der Waals surface area contributed by atoms with Crippen LogP contribution in [0.4, 0.5) is 10.8 Å². The van der Waals surface area contributed by atoms with Crippen LogP contribution in [-0.4, -0.2) is 22.7 Å². The lowest BCUT2D eigenvalue weighted by Gasteiger charge is -2.17. The van der Waals surface area contributed by atoms with Gasteiger partial charge in [0.2, 0.25) is 5.91 Å². The van der Waals surface area contributed by atoms with Crippen LogP contribution < -0.4 is 16.0 Å². The van der Waals surface area contributed by atoms with Gasteiger partial charge in [0.25, 0.3) is 11.8 Å². The van der Waals surface area contributed by atoms with Gasteiger partial charge in [-0.25, -0.2) is 4.98 Å². The number of aromatic nitrogens is 1. The third-order valence-corrected chi connectivity index (χ3v) is 9.50. The Morgan fingerprint density at radius 3 is 2.04 bits per heavy atom. The Kier molecular flexibility index (Phi) is 11.0. The minimum atomic E-state index is -0.562. The number of thiazole rings is 1.